The van der Waals surface area contributed by atoms with Crippen molar-refractivity contribution in [2.45, 2.75) is 17.0 Å². The van der Waals surface area contributed by atoms with E-state index in [2.05, 4.69) is 9.97 Å². The van der Waals surface area contributed by atoms with Crippen LogP contribution in [0.3, 0.4) is 0 Å². The number of nitrogens with one attached hydrogen (secondary N) is 1. The van der Waals surface area contributed by atoms with E-state index in [-0.39, 0.29) is 16.8 Å². The smallest absolute Gasteiger partial charge is 0.287 e. The Morgan fingerprint density at radius 1 is 1.45 bits per heavy atom. The van der Waals surface area contributed by atoms with E-state index in [4.69, 9.17) is 5.26 Å². The van der Waals surface area contributed by atoms with Gasteiger partial charge >= 0.3 is 0 Å². The molecule has 0 amide bonds. The maximum atomic E-state index is 11.3. The average Bonchev–Trinajstić information content (AvgIpc) is 2.37. The van der Waals surface area contributed by atoms with Crippen molar-refractivity contribution in [2.75, 3.05) is 0 Å². The Hall–Kier alpha value is -2.66. The van der Waals surface area contributed by atoms with Crippen LogP contribution in [0.5, 0.6) is 0 Å². The van der Waals surface area contributed by atoms with Gasteiger partial charge in [0.1, 0.15) is 11.6 Å². The van der Waals surface area contributed by atoms with Gasteiger partial charge in [-0.05, 0) is 19.1 Å². The van der Waals surface area contributed by atoms with Crippen molar-refractivity contribution in [3.63, 3.8) is 0 Å². The molecule has 100 valence electrons. The number of benzene rings is 1. The van der Waals surface area contributed by atoms with E-state index < -0.39 is 4.92 Å². The number of hydrogen-bond acceptors (Lipinski definition) is 6. The molecule has 0 bridgehead atoms. The van der Waals surface area contributed by atoms with Crippen LogP contribution in [0.2, 0.25) is 0 Å². The highest BCUT2D eigenvalue weighted by Gasteiger charge is 2.14. The highest BCUT2D eigenvalue weighted by molar-refractivity contribution is 7.99. The maximum Gasteiger partial charge on any atom is 0.287 e. The molecule has 2 rings (SSSR count). The lowest BCUT2D eigenvalue weighted by molar-refractivity contribution is -0.385. The molecule has 7 nitrogen and oxygen atoms in total. The lowest BCUT2D eigenvalue weighted by atomic mass is 10.2. The number of nitro groups is 1. The third kappa shape index (κ3) is 3.02. The number of H-pyrrole nitrogens is 1. The summed E-state index contributed by atoms with van der Waals surface area (Å²) in [5.41, 5.74) is 0.0126. The van der Waals surface area contributed by atoms with Crippen LogP contribution in [0.25, 0.3) is 0 Å². The highest BCUT2D eigenvalue weighted by Crippen LogP contribution is 2.28. The molecule has 0 saturated carbocycles. The first-order valence-corrected chi connectivity index (χ1v) is 6.25. The Labute approximate surface area is 117 Å². The molecule has 1 heterocycles. The fraction of sp³-hybridized carbons (Fsp3) is 0.0833. The lowest BCUT2D eigenvalue weighted by Crippen LogP contribution is -2.07. The molecule has 20 heavy (non-hydrogen) atoms. The number of rotatable bonds is 3. The van der Waals surface area contributed by atoms with Gasteiger partial charge in [0, 0.05) is 22.7 Å². The van der Waals surface area contributed by atoms with Crippen molar-refractivity contribution in [1.29, 1.82) is 5.26 Å². The minimum atomic E-state index is -0.611. The van der Waals surface area contributed by atoms with Crippen LogP contribution < -0.4 is 5.56 Å². The standard InChI is InChI=1S/C12H8N4O3S/c1-7-4-11(17)15-12(14-7)20-9-2-3-10(16(18)19)8(5-9)6-13/h2-5H,1H3,(H,14,15,17). The molecule has 0 aliphatic rings. The molecule has 1 aromatic heterocycles. The van der Waals surface area contributed by atoms with Crippen molar-refractivity contribution < 1.29 is 4.92 Å². The molecule has 0 spiro atoms. The van der Waals surface area contributed by atoms with Gasteiger partial charge in [-0.25, -0.2) is 4.98 Å². The summed E-state index contributed by atoms with van der Waals surface area (Å²) in [6.07, 6.45) is 0. The summed E-state index contributed by atoms with van der Waals surface area (Å²) in [4.78, 5) is 28.7. The Morgan fingerprint density at radius 2 is 2.20 bits per heavy atom. The van der Waals surface area contributed by atoms with E-state index >= 15 is 0 Å². The number of aromatic nitrogens is 2. The fourth-order valence-electron chi connectivity index (χ4n) is 1.54. The number of nitro benzene ring substituents is 1. The van der Waals surface area contributed by atoms with Crippen molar-refractivity contribution in [2.24, 2.45) is 0 Å². The van der Waals surface area contributed by atoms with Crippen LogP contribution >= 0.6 is 11.8 Å². The van der Waals surface area contributed by atoms with E-state index in [1.54, 1.807) is 13.0 Å². The zero-order valence-electron chi connectivity index (χ0n) is 10.3. The number of aromatic amines is 1. The van der Waals surface area contributed by atoms with Gasteiger partial charge in [-0.2, -0.15) is 5.26 Å². The summed E-state index contributed by atoms with van der Waals surface area (Å²) in [6, 6.07) is 7.30. The first-order chi connectivity index (χ1) is 9.49. The van der Waals surface area contributed by atoms with Gasteiger partial charge in [-0.1, -0.05) is 11.8 Å². The van der Waals surface area contributed by atoms with Gasteiger partial charge in [-0.3, -0.25) is 14.9 Å². The SMILES string of the molecule is Cc1cc(=O)[nH]c(Sc2ccc([N+](=O)[O-])c(C#N)c2)n1. The molecule has 0 aliphatic carbocycles. The van der Waals surface area contributed by atoms with Crippen LogP contribution in [-0.2, 0) is 0 Å². The van der Waals surface area contributed by atoms with E-state index in [9.17, 15) is 14.9 Å². The van der Waals surface area contributed by atoms with E-state index in [0.29, 0.717) is 15.7 Å². The van der Waals surface area contributed by atoms with E-state index in [0.717, 1.165) is 11.8 Å². The average molecular weight is 288 g/mol. The van der Waals surface area contributed by atoms with E-state index in [1.807, 2.05) is 0 Å². The lowest BCUT2D eigenvalue weighted by Gasteiger charge is -2.02. The highest BCUT2D eigenvalue weighted by atomic mass is 32.2. The zero-order valence-corrected chi connectivity index (χ0v) is 11.1. The van der Waals surface area contributed by atoms with Crippen LogP contribution in [0.4, 0.5) is 5.69 Å². The minimum Gasteiger partial charge on any atom is -0.301 e. The first kappa shape index (κ1) is 13.8. The fourth-order valence-corrected chi connectivity index (χ4v) is 2.42. The third-order valence-electron chi connectivity index (χ3n) is 2.35. The van der Waals surface area contributed by atoms with Crippen molar-refractivity contribution >= 4 is 17.4 Å². The predicted octanol–water partition coefficient (Wildman–Crippen LogP) is 2.01. The summed E-state index contributed by atoms with van der Waals surface area (Å²) in [5.74, 6) is 0. The molecule has 0 aliphatic heterocycles. The molecule has 2 aromatic rings. The molecule has 0 radical (unpaired) electrons. The molecule has 8 heteroatoms. The van der Waals surface area contributed by atoms with Crippen LogP contribution in [0.1, 0.15) is 11.3 Å². The Balaban J connectivity index is 2.37. The van der Waals surface area contributed by atoms with Crippen LogP contribution in [0.15, 0.2) is 39.1 Å². The predicted molar refractivity (Wildman–Crippen MR) is 71.5 cm³/mol. The molecular weight excluding hydrogens is 280 g/mol. The van der Waals surface area contributed by atoms with E-state index in [1.165, 1.54) is 24.3 Å². The van der Waals surface area contributed by atoms with Crippen molar-refractivity contribution in [3.05, 3.63) is 56.0 Å². The second kappa shape index (κ2) is 5.54. The molecule has 0 saturated heterocycles. The summed E-state index contributed by atoms with van der Waals surface area (Å²) >= 11 is 1.13. The van der Waals surface area contributed by atoms with Gasteiger partial charge in [0.15, 0.2) is 5.16 Å². The second-order valence-electron chi connectivity index (χ2n) is 3.84. The largest absolute Gasteiger partial charge is 0.301 e. The van der Waals surface area contributed by atoms with Gasteiger partial charge in [0.25, 0.3) is 11.2 Å². The number of aryl methyl sites for hydroxylation is 1. The number of nitrogens with zero attached hydrogens (tertiary/aromatic N) is 3. The molecular formula is C12H8N4O3S. The summed E-state index contributed by atoms with van der Waals surface area (Å²) < 4.78 is 0. The summed E-state index contributed by atoms with van der Waals surface area (Å²) in [6.45, 7) is 1.69. The van der Waals surface area contributed by atoms with Crippen LogP contribution in [-0.4, -0.2) is 14.9 Å². The number of nitriles is 1. The minimum absolute atomic E-state index is 0.0324. The summed E-state index contributed by atoms with van der Waals surface area (Å²) in [5, 5.41) is 20.0. The molecule has 0 fully saturated rings. The van der Waals surface area contributed by atoms with Gasteiger partial charge in [0.2, 0.25) is 0 Å². The maximum absolute atomic E-state index is 11.3. The molecule has 0 unspecified atom stereocenters. The molecule has 1 aromatic carbocycles. The van der Waals surface area contributed by atoms with Crippen molar-refractivity contribution in [1.82, 2.24) is 9.97 Å². The second-order valence-corrected chi connectivity index (χ2v) is 4.90. The monoisotopic (exact) mass is 288 g/mol. The Bertz CT molecular complexity index is 779. The van der Waals surface area contributed by atoms with Gasteiger partial charge in [0.05, 0.1) is 4.92 Å². The molecule has 0 atom stereocenters. The first-order valence-electron chi connectivity index (χ1n) is 5.44. The molecule has 1 N–H and O–H groups in total. The van der Waals surface area contributed by atoms with Gasteiger partial charge < -0.3 is 4.98 Å². The number of hydrogen-bond donors (Lipinski definition) is 1. The quantitative estimate of drug-likeness (QED) is 0.525. The normalized spacial score (nSPS) is 10.0. The summed E-state index contributed by atoms with van der Waals surface area (Å²) in [7, 11) is 0. The zero-order chi connectivity index (χ0) is 14.7. The Kier molecular flexibility index (Phi) is 3.81. The van der Waals surface area contributed by atoms with Gasteiger partial charge in [-0.15, -0.1) is 0 Å². The van der Waals surface area contributed by atoms with Crippen molar-refractivity contribution in [3.8, 4) is 6.07 Å². The Morgan fingerprint density at radius 3 is 2.80 bits per heavy atom. The topological polar surface area (TPSA) is 113 Å². The van der Waals surface area contributed by atoms with Crippen LogP contribution in [0, 0.1) is 28.4 Å². The third-order valence-corrected chi connectivity index (χ3v) is 3.22.